The average molecular weight is 256 g/mol. The molecule has 1 saturated heterocycles. The highest BCUT2D eigenvalue weighted by atomic mass is 16.3. The summed E-state index contributed by atoms with van der Waals surface area (Å²) in [6.45, 7) is 7.83. The summed E-state index contributed by atoms with van der Waals surface area (Å²) in [6.07, 6.45) is 3.96. The first-order valence-electron chi connectivity index (χ1n) is 7.28. The van der Waals surface area contributed by atoms with Gasteiger partial charge in [-0.05, 0) is 38.1 Å². The molecule has 0 aromatic heterocycles. The maximum absolute atomic E-state index is 12.5. The lowest BCUT2D eigenvalue weighted by molar-refractivity contribution is -0.137. The Morgan fingerprint density at radius 3 is 2.61 bits per heavy atom. The van der Waals surface area contributed by atoms with Crippen LogP contribution in [0.4, 0.5) is 0 Å². The van der Waals surface area contributed by atoms with E-state index in [0.29, 0.717) is 12.5 Å². The third kappa shape index (κ3) is 3.95. The smallest absolute Gasteiger partial charge is 0.240 e. The SMILES string of the molecule is CCC(CC)N(CCO)C(=O)C1CC(C)CCN1. The van der Waals surface area contributed by atoms with Crippen molar-refractivity contribution in [3.63, 3.8) is 0 Å². The van der Waals surface area contributed by atoms with Crippen LogP contribution in [-0.4, -0.2) is 47.7 Å². The summed E-state index contributed by atoms with van der Waals surface area (Å²) in [7, 11) is 0. The number of aliphatic hydroxyl groups is 1. The molecule has 0 saturated carbocycles. The lowest BCUT2D eigenvalue weighted by Crippen LogP contribution is -2.53. The summed E-state index contributed by atoms with van der Waals surface area (Å²) in [4.78, 5) is 14.4. The van der Waals surface area contributed by atoms with Crippen molar-refractivity contribution >= 4 is 5.91 Å². The summed E-state index contributed by atoms with van der Waals surface area (Å²) in [5.74, 6) is 0.780. The Labute approximate surface area is 111 Å². The van der Waals surface area contributed by atoms with Gasteiger partial charge in [-0.2, -0.15) is 0 Å². The van der Waals surface area contributed by atoms with Crippen molar-refractivity contribution in [1.29, 1.82) is 0 Å². The molecule has 18 heavy (non-hydrogen) atoms. The highest BCUT2D eigenvalue weighted by Crippen LogP contribution is 2.19. The Kier molecular flexibility index (Phi) is 6.65. The fourth-order valence-corrected chi connectivity index (χ4v) is 2.81. The van der Waals surface area contributed by atoms with E-state index in [1.165, 1.54) is 0 Å². The van der Waals surface area contributed by atoms with Crippen molar-refractivity contribution in [3.8, 4) is 0 Å². The normalized spacial score (nSPS) is 24.3. The molecule has 1 amide bonds. The third-order valence-electron chi connectivity index (χ3n) is 3.97. The number of carbonyl (C=O) groups is 1. The second-order valence-corrected chi connectivity index (χ2v) is 5.36. The molecule has 0 spiro atoms. The monoisotopic (exact) mass is 256 g/mol. The number of aliphatic hydroxyl groups excluding tert-OH is 1. The first-order chi connectivity index (χ1) is 8.63. The van der Waals surface area contributed by atoms with Gasteiger partial charge in [0.05, 0.1) is 12.6 Å². The zero-order chi connectivity index (χ0) is 13.5. The minimum absolute atomic E-state index is 0.0461. The van der Waals surface area contributed by atoms with Gasteiger partial charge >= 0.3 is 0 Å². The van der Waals surface area contributed by atoms with Crippen LogP contribution in [0.5, 0.6) is 0 Å². The molecule has 4 heteroatoms. The largest absolute Gasteiger partial charge is 0.395 e. The van der Waals surface area contributed by atoms with Crippen LogP contribution in [0.3, 0.4) is 0 Å². The minimum atomic E-state index is -0.0547. The number of hydrogen-bond donors (Lipinski definition) is 2. The van der Waals surface area contributed by atoms with E-state index in [-0.39, 0.29) is 24.6 Å². The van der Waals surface area contributed by atoms with Gasteiger partial charge in [-0.1, -0.05) is 20.8 Å². The molecule has 2 N–H and O–H groups in total. The zero-order valence-electron chi connectivity index (χ0n) is 12.0. The van der Waals surface area contributed by atoms with Crippen molar-refractivity contribution in [2.75, 3.05) is 19.7 Å². The fraction of sp³-hybridized carbons (Fsp3) is 0.929. The van der Waals surface area contributed by atoms with Gasteiger partial charge < -0.3 is 15.3 Å². The number of rotatable bonds is 6. The molecule has 1 aliphatic heterocycles. The van der Waals surface area contributed by atoms with Crippen LogP contribution in [0, 0.1) is 5.92 Å². The van der Waals surface area contributed by atoms with Crippen LogP contribution in [0.1, 0.15) is 46.5 Å². The van der Waals surface area contributed by atoms with Crippen molar-refractivity contribution in [2.24, 2.45) is 5.92 Å². The molecule has 1 aliphatic rings. The molecule has 0 radical (unpaired) electrons. The lowest BCUT2D eigenvalue weighted by atomic mass is 9.93. The van der Waals surface area contributed by atoms with Crippen LogP contribution in [-0.2, 0) is 4.79 Å². The van der Waals surface area contributed by atoms with Crippen LogP contribution >= 0.6 is 0 Å². The molecule has 0 aromatic rings. The molecular weight excluding hydrogens is 228 g/mol. The van der Waals surface area contributed by atoms with Crippen molar-refractivity contribution < 1.29 is 9.90 Å². The Hall–Kier alpha value is -0.610. The van der Waals surface area contributed by atoms with Gasteiger partial charge in [-0.3, -0.25) is 4.79 Å². The second kappa shape index (κ2) is 7.74. The van der Waals surface area contributed by atoms with Gasteiger partial charge in [0.25, 0.3) is 0 Å². The van der Waals surface area contributed by atoms with Crippen LogP contribution in [0.15, 0.2) is 0 Å². The van der Waals surface area contributed by atoms with Gasteiger partial charge in [0.1, 0.15) is 0 Å². The summed E-state index contributed by atoms with van der Waals surface area (Å²) in [6, 6.07) is 0.199. The second-order valence-electron chi connectivity index (χ2n) is 5.36. The summed E-state index contributed by atoms with van der Waals surface area (Å²) >= 11 is 0. The molecule has 0 aliphatic carbocycles. The van der Waals surface area contributed by atoms with E-state index < -0.39 is 0 Å². The topological polar surface area (TPSA) is 52.6 Å². The molecular formula is C14H28N2O2. The molecule has 0 bridgehead atoms. The maximum atomic E-state index is 12.5. The molecule has 106 valence electrons. The maximum Gasteiger partial charge on any atom is 0.240 e. The van der Waals surface area contributed by atoms with Gasteiger partial charge in [-0.25, -0.2) is 0 Å². The number of nitrogens with zero attached hydrogens (tertiary/aromatic N) is 1. The first kappa shape index (κ1) is 15.4. The van der Waals surface area contributed by atoms with E-state index >= 15 is 0 Å². The minimum Gasteiger partial charge on any atom is -0.395 e. The van der Waals surface area contributed by atoms with Gasteiger partial charge in [0.15, 0.2) is 0 Å². The summed E-state index contributed by atoms with van der Waals surface area (Å²) < 4.78 is 0. The Balaban J connectivity index is 2.68. The van der Waals surface area contributed by atoms with E-state index in [1.807, 2.05) is 4.90 Å². The highest BCUT2D eigenvalue weighted by molar-refractivity contribution is 5.82. The Morgan fingerprint density at radius 2 is 2.11 bits per heavy atom. The molecule has 1 fully saturated rings. The summed E-state index contributed by atoms with van der Waals surface area (Å²) in [5.41, 5.74) is 0. The van der Waals surface area contributed by atoms with Crippen molar-refractivity contribution in [2.45, 2.75) is 58.5 Å². The Morgan fingerprint density at radius 1 is 1.44 bits per heavy atom. The quantitative estimate of drug-likeness (QED) is 0.755. The van der Waals surface area contributed by atoms with Crippen molar-refractivity contribution in [3.05, 3.63) is 0 Å². The van der Waals surface area contributed by atoms with E-state index in [4.69, 9.17) is 5.11 Å². The molecule has 1 heterocycles. The van der Waals surface area contributed by atoms with Crippen LogP contribution in [0.25, 0.3) is 0 Å². The predicted octanol–water partition coefficient (Wildman–Crippen LogP) is 1.38. The molecule has 1 rings (SSSR count). The number of carbonyl (C=O) groups excluding carboxylic acids is 1. The van der Waals surface area contributed by atoms with Gasteiger partial charge in [-0.15, -0.1) is 0 Å². The van der Waals surface area contributed by atoms with Crippen LogP contribution in [0.2, 0.25) is 0 Å². The number of amides is 1. The lowest BCUT2D eigenvalue weighted by Gasteiger charge is -2.36. The number of hydrogen-bond acceptors (Lipinski definition) is 3. The molecule has 2 atom stereocenters. The zero-order valence-corrected chi connectivity index (χ0v) is 12.0. The first-order valence-corrected chi connectivity index (χ1v) is 7.28. The standard InChI is InChI=1S/C14H28N2O2/c1-4-12(5-2)16(8-9-17)14(18)13-10-11(3)6-7-15-13/h11-13,15,17H,4-10H2,1-3H3. The third-order valence-corrected chi connectivity index (χ3v) is 3.97. The number of nitrogens with one attached hydrogen (secondary N) is 1. The average Bonchev–Trinajstić information content (AvgIpc) is 2.38. The van der Waals surface area contributed by atoms with Crippen LogP contribution < -0.4 is 5.32 Å². The molecule has 2 unspecified atom stereocenters. The van der Waals surface area contributed by atoms with Gasteiger partial charge in [0.2, 0.25) is 5.91 Å². The summed E-state index contributed by atoms with van der Waals surface area (Å²) in [5, 5.41) is 12.5. The van der Waals surface area contributed by atoms with E-state index in [2.05, 4.69) is 26.1 Å². The highest BCUT2D eigenvalue weighted by Gasteiger charge is 2.30. The van der Waals surface area contributed by atoms with E-state index in [1.54, 1.807) is 0 Å². The van der Waals surface area contributed by atoms with E-state index in [0.717, 1.165) is 32.2 Å². The molecule has 4 nitrogen and oxygen atoms in total. The number of piperidine rings is 1. The fourth-order valence-electron chi connectivity index (χ4n) is 2.81. The molecule has 0 aromatic carbocycles. The van der Waals surface area contributed by atoms with Gasteiger partial charge in [0, 0.05) is 12.6 Å². The van der Waals surface area contributed by atoms with E-state index in [9.17, 15) is 4.79 Å². The predicted molar refractivity (Wildman–Crippen MR) is 73.4 cm³/mol. The Bertz CT molecular complexity index is 254. The van der Waals surface area contributed by atoms with Crippen molar-refractivity contribution in [1.82, 2.24) is 10.2 Å².